The zero-order chi connectivity index (χ0) is 19.6. The Kier molecular flexibility index (Phi) is 4.44. The highest BCUT2D eigenvalue weighted by atomic mass is 16.3. The lowest BCUT2D eigenvalue weighted by Gasteiger charge is -2.33. The van der Waals surface area contributed by atoms with Crippen molar-refractivity contribution in [2.75, 3.05) is 18.4 Å². The van der Waals surface area contributed by atoms with Crippen molar-refractivity contribution in [3.63, 3.8) is 0 Å². The van der Waals surface area contributed by atoms with E-state index in [1.54, 1.807) is 23.0 Å². The highest BCUT2D eigenvalue weighted by molar-refractivity contribution is 5.91. The van der Waals surface area contributed by atoms with E-state index in [4.69, 9.17) is 4.42 Å². The highest BCUT2D eigenvalue weighted by Gasteiger charge is 2.26. The number of carbonyl (C=O) groups is 1. The van der Waals surface area contributed by atoms with Gasteiger partial charge in [0.05, 0.1) is 17.6 Å². The number of amides is 1. The van der Waals surface area contributed by atoms with E-state index in [0.29, 0.717) is 18.0 Å². The van der Waals surface area contributed by atoms with Gasteiger partial charge in [0.1, 0.15) is 6.33 Å². The molecule has 1 aromatic carbocycles. The lowest BCUT2D eigenvalue weighted by molar-refractivity contribution is 0.0682. The first-order valence-electron chi connectivity index (χ1n) is 9.64. The summed E-state index contributed by atoms with van der Waals surface area (Å²) >= 11 is 0. The van der Waals surface area contributed by atoms with Crippen LogP contribution in [0, 0.1) is 0 Å². The molecule has 29 heavy (non-hydrogen) atoms. The van der Waals surface area contributed by atoms with Crippen LogP contribution in [0.3, 0.4) is 0 Å². The number of nitrogens with one attached hydrogen (secondary N) is 1. The minimum Gasteiger partial charge on any atom is -0.459 e. The number of nitrogens with zero attached hydrogens (tertiary/aromatic N) is 5. The van der Waals surface area contributed by atoms with Crippen molar-refractivity contribution in [3.05, 3.63) is 66.9 Å². The molecule has 1 saturated heterocycles. The van der Waals surface area contributed by atoms with Gasteiger partial charge >= 0.3 is 0 Å². The molecule has 0 aliphatic carbocycles. The molecule has 0 bridgehead atoms. The topological polar surface area (TPSA) is 88.6 Å². The summed E-state index contributed by atoms with van der Waals surface area (Å²) in [5.74, 6) is 0.301. The molecular formula is C21H20N6O2. The van der Waals surface area contributed by atoms with Gasteiger partial charge in [-0.25, -0.2) is 0 Å². The van der Waals surface area contributed by atoms with E-state index in [9.17, 15) is 4.79 Å². The molecule has 146 valence electrons. The molecule has 4 heterocycles. The van der Waals surface area contributed by atoms with Gasteiger partial charge in [0.25, 0.3) is 5.91 Å². The number of hydrogen-bond acceptors (Lipinski definition) is 6. The molecule has 8 heteroatoms. The molecule has 1 N–H and O–H groups in total. The Balaban J connectivity index is 1.41. The molecule has 0 radical (unpaired) electrons. The van der Waals surface area contributed by atoms with Crippen LogP contribution in [-0.2, 0) is 0 Å². The average molecular weight is 388 g/mol. The molecule has 3 aromatic heterocycles. The number of piperidine rings is 1. The van der Waals surface area contributed by atoms with E-state index in [2.05, 4.69) is 20.6 Å². The fraction of sp³-hybridized carbons (Fsp3) is 0.238. The SMILES string of the molecule is O=C(c1ccco1)N1CCCC(Nc2cc(-c3ccccc3)nn3cnnc23)C1. The Hall–Kier alpha value is -3.68. The molecule has 5 rings (SSSR count). The van der Waals surface area contributed by atoms with Crippen LogP contribution in [0.2, 0.25) is 0 Å². The number of carbonyl (C=O) groups excluding carboxylic acids is 1. The molecule has 0 spiro atoms. The molecule has 1 aliphatic heterocycles. The Bertz CT molecular complexity index is 1120. The standard InChI is InChI=1S/C21H20N6O2/c28-21(19-9-5-11-29-19)26-10-4-8-16(13-26)23-18-12-17(15-6-2-1-3-7-15)25-27-14-22-24-20(18)27/h1-3,5-7,9,11-12,14,16,23H,4,8,10,13H2. The Morgan fingerprint density at radius 2 is 2.07 bits per heavy atom. The number of aromatic nitrogens is 4. The van der Waals surface area contributed by atoms with Crippen LogP contribution in [0.4, 0.5) is 5.69 Å². The zero-order valence-corrected chi connectivity index (χ0v) is 15.7. The summed E-state index contributed by atoms with van der Waals surface area (Å²) in [6.07, 6.45) is 5.01. The maximum Gasteiger partial charge on any atom is 0.289 e. The van der Waals surface area contributed by atoms with Gasteiger partial charge in [0.2, 0.25) is 5.65 Å². The summed E-state index contributed by atoms with van der Waals surface area (Å²) < 4.78 is 6.95. The van der Waals surface area contributed by atoms with Crippen molar-refractivity contribution in [3.8, 4) is 11.3 Å². The van der Waals surface area contributed by atoms with Crippen LogP contribution in [0.1, 0.15) is 23.4 Å². The molecule has 8 nitrogen and oxygen atoms in total. The first kappa shape index (κ1) is 17.4. The molecule has 1 fully saturated rings. The number of anilines is 1. The van der Waals surface area contributed by atoms with Gasteiger partial charge in [-0.15, -0.1) is 10.2 Å². The number of likely N-dealkylation sites (tertiary alicyclic amines) is 1. The molecule has 1 unspecified atom stereocenters. The summed E-state index contributed by atoms with van der Waals surface area (Å²) in [7, 11) is 0. The van der Waals surface area contributed by atoms with E-state index in [-0.39, 0.29) is 11.9 Å². The van der Waals surface area contributed by atoms with Gasteiger partial charge in [-0.05, 0) is 31.0 Å². The molecule has 0 saturated carbocycles. The first-order valence-corrected chi connectivity index (χ1v) is 9.64. The van der Waals surface area contributed by atoms with Crippen molar-refractivity contribution in [2.24, 2.45) is 0 Å². The van der Waals surface area contributed by atoms with Crippen LogP contribution in [0.25, 0.3) is 16.9 Å². The van der Waals surface area contributed by atoms with Crippen molar-refractivity contribution in [2.45, 2.75) is 18.9 Å². The van der Waals surface area contributed by atoms with Gasteiger partial charge < -0.3 is 14.6 Å². The van der Waals surface area contributed by atoms with Crippen molar-refractivity contribution in [1.82, 2.24) is 24.7 Å². The third-order valence-corrected chi connectivity index (χ3v) is 5.14. The molecular weight excluding hydrogens is 368 g/mol. The smallest absolute Gasteiger partial charge is 0.289 e. The lowest BCUT2D eigenvalue weighted by Crippen LogP contribution is -2.45. The number of fused-ring (bicyclic) bond motifs is 1. The minimum atomic E-state index is -0.0752. The summed E-state index contributed by atoms with van der Waals surface area (Å²) in [6, 6.07) is 15.5. The normalized spacial score (nSPS) is 16.8. The number of rotatable bonds is 4. The van der Waals surface area contributed by atoms with Gasteiger partial charge in [0, 0.05) is 24.7 Å². The maximum absolute atomic E-state index is 12.6. The van der Waals surface area contributed by atoms with Gasteiger partial charge in [-0.3, -0.25) is 4.79 Å². The van der Waals surface area contributed by atoms with E-state index >= 15 is 0 Å². The Morgan fingerprint density at radius 1 is 1.17 bits per heavy atom. The van der Waals surface area contributed by atoms with E-state index in [1.165, 1.54) is 6.26 Å². The van der Waals surface area contributed by atoms with Crippen LogP contribution in [0.5, 0.6) is 0 Å². The van der Waals surface area contributed by atoms with Gasteiger partial charge in [0.15, 0.2) is 5.76 Å². The second-order valence-corrected chi connectivity index (χ2v) is 7.12. The second kappa shape index (κ2) is 7.38. The average Bonchev–Trinajstić information content (AvgIpc) is 3.46. The van der Waals surface area contributed by atoms with Crippen LogP contribution in [0.15, 0.2) is 65.5 Å². The number of furan rings is 1. The summed E-state index contributed by atoms with van der Waals surface area (Å²) in [5.41, 5.74) is 3.37. The fourth-order valence-corrected chi connectivity index (χ4v) is 3.74. The van der Waals surface area contributed by atoms with Crippen molar-refractivity contribution < 1.29 is 9.21 Å². The highest BCUT2D eigenvalue weighted by Crippen LogP contribution is 2.25. The third kappa shape index (κ3) is 3.44. The monoisotopic (exact) mass is 388 g/mol. The van der Waals surface area contributed by atoms with Crippen LogP contribution >= 0.6 is 0 Å². The van der Waals surface area contributed by atoms with Crippen LogP contribution < -0.4 is 5.32 Å². The second-order valence-electron chi connectivity index (χ2n) is 7.12. The Labute approximate surface area is 167 Å². The molecule has 1 amide bonds. The fourth-order valence-electron chi connectivity index (χ4n) is 3.74. The summed E-state index contributed by atoms with van der Waals surface area (Å²) in [6.45, 7) is 1.33. The molecule has 4 aromatic rings. The first-order chi connectivity index (χ1) is 14.3. The van der Waals surface area contributed by atoms with Crippen LogP contribution in [-0.4, -0.2) is 49.7 Å². The zero-order valence-electron chi connectivity index (χ0n) is 15.7. The quantitative estimate of drug-likeness (QED) is 0.578. The predicted molar refractivity (Wildman–Crippen MR) is 107 cm³/mol. The van der Waals surface area contributed by atoms with Gasteiger partial charge in [-0.1, -0.05) is 30.3 Å². The van der Waals surface area contributed by atoms with Gasteiger partial charge in [-0.2, -0.15) is 9.61 Å². The van der Waals surface area contributed by atoms with E-state index in [1.807, 2.05) is 41.3 Å². The summed E-state index contributed by atoms with van der Waals surface area (Å²) in [5, 5.41) is 16.4. The molecule has 1 aliphatic rings. The third-order valence-electron chi connectivity index (χ3n) is 5.14. The van der Waals surface area contributed by atoms with E-state index in [0.717, 1.165) is 36.3 Å². The minimum absolute atomic E-state index is 0.0752. The van der Waals surface area contributed by atoms with Crippen molar-refractivity contribution >= 4 is 17.2 Å². The maximum atomic E-state index is 12.6. The Morgan fingerprint density at radius 3 is 2.90 bits per heavy atom. The predicted octanol–water partition coefficient (Wildman–Crippen LogP) is 3.10. The van der Waals surface area contributed by atoms with Crippen molar-refractivity contribution in [1.29, 1.82) is 0 Å². The number of hydrogen-bond donors (Lipinski definition) is 1. The van der Waals surface area contributed by atoms with E-state index < -0.39 is 0 Å². The lowest BCUT2D eigenvalue weighted by atomic mass is 10.0. The summed E-state index contributed by atoms with van der Waals surface area (Å²) in [4.78, 5) is 14.5. The largest absolute Gasteiger partial charge is 0.459 e. The number of benzene rings is 1. The molecule has 1 atom stereocenters.